The van der Waals surface area contributed by atoms with Gasteiger partial charge < -0.3 is 10.1 Å². The van der Waals surface area contributed by atoms with Crippen molar-refractivity contribution < 1.29 is 9.53 Å². The van der Waals surface area contributed by atoms with E-state index in [1.807, 2.05) is 26.0 Å². The third-order valence-electron chi connectivity index (χ3n) is 3.46. The highest BCUT2D eigenvalue weighted by Crippen LogP contribution is 2.33. The van der Waals surface area contributed by atoms with Gasteiger partial charge in [-0.2, -0.15) is 0 Å². The summed E-state index contributed by atoms with van der Waals surface area (Å²) < 4.78 is 5.23. The zero-order valence-electron chi connectivity index (χ0n) is 13.4. The number of amides is 1. The fraction of sp³-hybridized carbons (Fsp3) is 0.167. The number of anilines is 1. The molecule has 0 bridgehead atoms. The summed E-state index contributed by atoms with van der Waals surface area (Å²) in [4.78, 5) is 12.1. The molecule has 0 heterocycles. The number of benzene rings is 2. The summed E-state index contributed by atoms with van der Waals surface area (Å²) in [5.74, 6) is 0.446. The Bertz CT molecular complexity index is 770. The number of ether oxygens (including phenoxy) is 1. The number of carbonyl (C=O) groups is 1. The molecule has 0 saturated carbocycles. The van der Waals surface area contributed by atoms with E-state index in [-0.39, 0.29) is 16.0 Å². The number of hydrogen-bond donors (Lipinski definition) is 1. The number of carbonyl (C=O) groups excluding carboxylic acids is 1. The molecule has 6 heteroatoms. The molecule has 0 atom stereocenters. The Morgan fingerprint density at radius 1 is 1.04 bits per heavy atom. The fourth-order valence-corrected chi connectivity index (χ4v) is 3.21. The molecule has 1 amide bonds. The number of nitrogens with one attached hydrogen (secondary N) is 1. The smallest absolute Gasteiger partial charge is 0.248 e. The maximum Gasteiger partial charge on any atom is 0.248 e. The van der Waals surface area contributed by atoms with Gasteiger partial charge in [0.25, 0.3) is 0 Å². The minimum Gasteiger partial charge on any atom is -0.497 e. The lowest BCUT2D eigenvalue weighted by atomic mass is 10.0. The molecule has 0 spiro atoms. The van der Waals surface area contributed by atoms with Crippen LogP contribution in [0.1, 0.15) is 16.7 Å². The fourth-order valence-electron chi connectivity index (χ4n) is 2.30. The lowest BCUT2D eigenvalue weighted by Crippen LogP contribution is -2.09. The van der Waals surface area contributed by atoms with Crippen LogP contribution in [0, 0.1) is 13.8 Å². The molecule has 0 fully saturated rings. The van der Waals surface area contributed by atoms with Gasteiger partial charge >= 0.3 is 0 Å². The highest BCUT2D eigenvalue weighted by Gasteiger charge is 2.10. The number of hydrogen-bond acceptors (Lipinski definition) is 2. The molecular weight excluding hydrogens is 369 g/mol. The minimum atomic E-state index is -0.337. The number of aryl methyl sites for hydroxylation is 2. The molecule has 0 saturated heterocycles. The van der Waals surface area contributed by atoms with Crippen molar-refractivity contribution in [1.29, 1.82) is 0 Å². The Kier molecular flexibility index (Phi) is 6.16. The number of halogens is 3. The molecule has 2 aromatic carbocycles. The molecule has 2 aromatic rings. The van der Waals surface area contributed by atoms with E-state index in [9.17, 15) is 4.79 Å². The van der Waals surface area contributed by atoms with Gasteiger partial charge in [0, 0.05) is 11.1 Å². The van der Waals surface area contributed by atoms with Crippen LogP contribution in [0.4, 0.5) is 5.69 Å². The topological polar surface area (TPSA) is 38.3 Å². The SMILES string of the molecule is COc1cc(C)c(/C=C/C(=O)Nc2c(Cl)cc(Cl)cc2Cl)c(C)c1. The maximum absolute atomic E-state index is 12.1. The molecule has 0 radical (unpaired) electrons. The van der Waals surface area contributed by atoms with Crippen LogP contribution in [-0.4, -0.2) is 13.0 Å². The summed E-state index contributed by atoms with van der Waals surface area (Å²) in [7, 11) is 1.62. The van der Waals surface area contributed by atoms with Crippen LogP contribution in [0.5, 0.6) is 5.75 Å². The summed E-state index contributed by atoms with van der Waals surface area (Å²) in [6, 6.07) is 6.87. The molecule has 0 aliphatic heterocycles. The van der Waals surface area contributed by atoms with E-state index >= 15 is 0 Å². The molecule has 0 aliphatic rings. The summed E-state index contributed by atoms with van der Waals surface area (Å²) in [6.45, 7) is 3.92. The van der Waals surface area contributed by atoms with Gasteiger partial charge in [-0.05, 0) is 60.9 Å². The Hall–Kier alpha value is -1.68. The highest BCUT2D eigenvalue weighted by atomic mass is 35.5. The predicted octanol–water partition coefficient (Wildman–Crippen LogP) is 5.92. The maximum atomic E-state index is 12.1. The average Bonchev–Trinajstić information content (AvgIpc) is 2.49. The second-order valence-corrected chi connectivity index (χ2v) is 6.49. The first-order valence-electron chi connectivity index (χ1n) is 7.10. The number of rotatable bonds is 4. The molecule has 2 rings (SSSR count). The first kappa shape index (κ1) is 18.7. The van der Waals surface area contributed by atoms with Crippen molar-refractivity contribution in [3.63, 3.8) is 0 Å². The third kappa shape index (κ3) is 4.44. The van der Waals surface area contributed by atoms with E-state index in [0.717, 1.165) is 22.4 Å². The normalized spacial score (nSPS) is 10.9. The lowest BCUT2D eigenvalue weighted by Gasteiger charge is -2.10. The van der Waals surface area contributed by atoms with E-state index < -0.39 is 0 Å². The van der Waals surface area contributed by atoms with Gasteiger partial charge in [0.05, 0.1) is 22.8 Å². The van der Waals surface area contributed by atoms with E-state index in [1.165, 1.54) is 18.2 Å². The molecule has 24 heavy (non-hydrogen) atoms. The van der Waals surface area contributed by atoms with Crippen molar-refractivity contribution in [3.8, 4) is 5.75 Å². The Morgan fingerprint density at radius 2 is 1.58 bits per heavy atom. The van der Waals surface area contributed by atoms with Crippen LogP contribution in [0.25, 0.3) is 6.08 Å². The zero-order chi connectivity index (χ0) is 17.9. The van der Waals surface area contributed by atoms with Crippen LogP contribution in [0.15, 0.2) is 30.3 Å². The quantitative estimate of drug-likeness (QED) is 0.664. The molecular formula is C18H16Cl3NO2. The zero-order valence-corrected chi connectivity index (χ0v) is 15.7. The average molecular weight is 385 g/mol. The van der Waals surface area contributed by atoms with Crippen LogP contribution >= 0.6 is 34.8 Å². The van der Waals surface area contributed by atoms with Crippen LogP contribution < -0.4 is 10.1 Å². The Balaban J connectivity index is 2.20. The summed E-state index contributed by atoms with van der Waals surface area (Å²) in [5, 5.41) is 3.64. The van der Waals surface area contributed by atoms with Gasteiger partial charge in [-0.25, -0.2) is 0 Å². The Morgan fingerprint density at radius 3 is 2.08 bits per heavy atom. The van der Waals surface area contributed by atoms with Crippen molar-refractivity contribution in [3.05, 3.63) is 62.1 Å². The van der Waals surface area contributed by atoms with Gasteiger partial charge in [0.1, 0.15) is 5.75 Å². The van der Waals surface area contributed by atoms with E-state index in [1.54, 1.807) is 13.2 Å². The summed E-state index contributed by atoms with van der Waals surface area (Å²) in [5.41, 5.74) is 3.32. The monoisotopic (exact) mass is 383 g/mol. The highest BCUT2D eigenvalue weighted by molar-refractivity contribution is 6.42. The van der Waals surface area contributed by atoms with Crippen molar-refractivity contribution in [2.75, 3.05) is 12.4 Å². The number of methoxy groups -OCH3 is 1. The lowest BCUT2D eigenvalue weighted by molar-refractivity contribution is -0.111. The van der Waals surface area contributed by atoms with Gasteiger partial charge in [-0.15, -0.1) is 0 Å². The van der Waals surface area contributed by atoms with Crippen LogP contribution in [-0.2, 0) is 4.79 Å². The van der Waals surface area contributed by atoms with E-state index in [0.29, 0.717) is 10.7 Å². The predicted molar refractivity (Wildman–Crippen MR) is 102 cm³/mol. The molecule has 1 N–H and O–H groups in total. The van der Waals surface area contributed by atoms with Crippen molar-refractivity contribution in [2.24, 2.45) is 0 Å². The van der Waals surface area contributed by atoms with Gasteiger partial charge in [-0.3, -0.25) is 4.79 Å². The molecule has 0 unspecified atom stereocenters. The second-order valence-electron chi connectivity index (χ2n) is 5.24. The standard InChI is InChI=1S/C18H16Cl3NO2/c1-10-6-13(24-3)7-11(2)14(10)4-5-17(23)22-18-15(20)8-12(19)9-16(18)21/h4-9H,1-3H3,(H,22,23)/b5-4+. The van der Waals surface area contributed by atoms with Crippen LogP contribution in [0.3, 0.4) is 0 Å². The summed E-state index contributed by atoms with van der Waals surface area (Å²) in [6.07, 6.45) is 3.18. The van der Waals surface area contributed by atoms with Gasteiger partial charge in [0.15, 0.2) is 0 Å². The minimum absolute atomic E-state index is 0.283. The second kappa shape index (κ2) is 7.93. The Labute approximate surface area is 156 Å². The third-order valence-corrected chi connectivity index (χ3v) is 4.27. The molecule has 3 nitrogen and oxygen atoms in total. The largest absolute Gasteiger partial charge is 0.497 e. The molecule has 126 valence electrons. The van der Waals surface area contributed by atoms with E-state index in [4.69, 9.17) is 39.5 Å². The van der Waals surface area contributed by atoms with Crippen molar-refractivity contribution >= 4 is 52.5 Å². The van der Waals surface area contributed by atoms with Gasteiger partial charge in [0.2, 0.25) is 5.91 Å². The van der Waals surface area contributed by atoms with Crippen molar-refractivity contribution in [1.82, 2.24) is 0 Å². The van der Waals surface area contributed by atoms with Crippen molar-refractivity contribution in [2.45, 2.75) is 13.8 Å². The molecule has 0 aliphatic carbocycles. The summed E-state index contributed by atoms with van der Waals surface area (Å²) >= 11 is 18.0. The van der Waals surface area contributed by atoms with E-state index in [2.05, 4.69) is 5.32 Å². The first-order valence-corrected chi connectivity index (χ1v) is 8.24. The molecule has 0 aromatic heterocycles. The van der Waals surface area contributed by atoms with Crippen LogP contribution in [0.2, 0.25) is 15.1 Å². The first-order chi connectivity index (χ1) is 11.3. The van der Waals surface area contributed by atoms with Gasteiger partial charge in [-0.1, -0.05) is 34.8 Å².